The van der Waals surface area contributed by atoms with E-state index in [2.05, 4.69) is 10.1 Å². The molecule has 0 spiro atoms. The zero-order valence-corrected chi connectivity index (χ0v) is 14.4. The lowest BCUT2D eigenvalue weighted by Crippen LogP contribution is -2.32. The minimum absolute atomic E-state index is 0.181. The first-order valence-electron chi connectivity index (χ1n) is 8.34. The van der Waals surface area contributed by atoms with Crippen molar-refractivity contribution in [2.45, 2.75) is 0 Å². The van der Waals surface area contributed by atoms with Gasteiger partial charge >= 0.3 is 11.7 Å². The summed E-state index contributed by atoms with van der Waals surface area (Å²) >= 11 is 0. The summed E-state index contributed by atoms with van der Waals surface area (Å²) in [5, 5.41) is 13.4. The summed E-state index contributed by atoms with van der Waals surface area (Å²) in [6.07, 6.45) is 3.17. The molecule has 0 amide bonds. The molecule has 2 aromatic carbocycles. The normalized spacial score (nSPS) is 11.3. The van der Waals surface area contributed by atoms with Crippen LogP contribution in [0.2, 0.25) is 0 Å². The first-order valence-corrected chi connectivity index (χ1v) is 8.34. The fourth-order valence-electron chi connectivity index (χ4n) is 2.87. The van der Waals surface area contributed by atoms with Crippen LogP contribution in [0, 0.1) is 0 Å². The smallest absolute Gasteiger partial charge is 0.349 e. The van der Waals surface area contributed by atoms with Gasteiger partial charge in [0.2, 0.25) is 0 Å². The van der Waals surface area contributed by atoms with Crippen molar-refractivity contribution < 1.29 is 9.90 Å². The Balaban J connectivity index is 1.74. The third-order valence-corrected chi connectivity index (χ3v) is 4.26. The van der Waals surface area contributed by atoms with E-state index in [0.717, 1.165) is 10.4 Å². The van der Waals surface area contributed by atoms with E-state index in [9.17, 15) is 14.4 Å². The average molecular weight is 374 g/mol. The van der Waals surface area contributed by atoms with E-state index in [0.29, 0.717) is 16.6 Å². The SMILES string of the molecule is O=C(O)c1ccc(-n2cccc2C=Nn2c(=O)[nH]c3ccccc3c2=O)cc1. The topological polar surface area (TPSA) is 109 Å². The van der Waals surface area contributed by atoms with Crippen LogP contribution in [0.5, 0.6) is 0 Å². The standard InChI is InChI=1S/C20H14N4O4/c25-18-16-5-1-2-6-17(16)22-20(28)24(18)21-12-15-4-3-11-23(15)14-9-7-13(8-10-14)19(26)27/h1-12H,(H,22,28)(H,26,27). The van der Waals surface area contributed by atoms with Gasteiger partial charge in [0.1, 0.15) is 0 Å². The van der Waals surface area contributed by atoms with Gasteiger partial charge in [0.05, 0.1) is 28.4 Å². The Morgan fingerprint density at radius 2 is 1.75 bits per heavy atom. The molecule has 8 nitrogen and oxygen atoms in total. The van der Waals surface area contributed by atoms with Gasteiger partial charge in [0.15, 0.2) is 0 Å². The predicted molar refractivity (Wildman–Crippen MR) is 105 cm³/mol. The Morgan fingerprint density at radius 1 is 1.00 bits per heavy atom. The second-order valence-corrected chi connectivity index (χ2v) is 5.99. The molecule has 0 saturated carbocycles. The minimum atomic E-state index is -1.00. The molecule has 28 heavy (non-hydrogen) atoms. The molecule has 0 fully saturated rings. The van der Waals surface area contributed by atoms with Crippen molar-refractivity contribution in [3.8, 4) is 5.69 Å². The van der Waals surface area contributed by atoms with Gasteiger partial charge in [-0.05, 0) is 48.5 Å². The zero-order chi connectivity index (χ0) is 19.7. The number of hydrogen-bond acceptors (Lipinski definition) is 4. The summed E-state index contributed by atoms with van der Waals surface area (Å²) < 4.78 is 2.53. The van der Waals surface area contributed by atoms with Gasteiger partial charge < -0.3 is 14.7 Å². The second-order valence-electron chi connectivity index (χ2n) is 5.99. The number of aromatic carboxylic acids is 1. The van der Waals surface area contributed by atoms with Gasteiger partial charge in [0, 0.05) is 11.9 Å². The maximum absolute atomic E-state index is 12.5. The van der Waals surface area contributed by atoms with E-state index in [1.165, 1.54) is 18.3 Å². The van der Waals surface area contributed by atoms with E-state index in [1.54, 1.807) is 59.3 Å². The van der Waals surface area contributed by atoms with Crippen LogP contribution in [0.1, 0.15) is 16.1 Å². The third kappa shape index (κ3) is 3.03. The highest BCUT2D eigenvalue weighted by Crippen LogP contribution is 2.13. The van der Waals surface area contributed by atoms with Gasteiger partial charge in [-0.3, -0.25) is 4.79 Å². The van der Waals surface area contributed by atoms with Gasteiger partial charge in [-0.1, -0.05) is 12.1 Å². The fraction of sp³-hybridized carbons (Fsp3) is 0. The van der Waals surface area contributed by atoms with Crippen molar-refractivity contribution in [1.82, 2.24) is 14.2 Å². The number of carboxylic acid groups (broad SMARTS) is 1. The molecule has 0 unspecified atom stereocenters. The molecule has 4 aromatic rings. The Labute approximate surface area is 157 Å². The third-order valence-electron chi connectivity index (χ3n) is 4.26. The van der Waals surface area contributed by atoms with Gasteiger partial charge in [-0.25, -0.2) is 9.59 Å². The first kappa shape index (κ1) is 17.2. The second kappa shape index (κ2) is 6.84. The molecule has 2 heterocycles. The van der Waals surface area contributed by atoms with Crippen molar-refractivity contribution >= 4 is 23.1 Å². The maximum Gasteiger partial charge on any atom is 0.349 e. The first-order chi connectivity index (χ1) is 13.5. The van der Waals surface area contributed by atoms with Crippen LogP contribution in [0.25, 0.3) is 16.6 Å². The van der Waals surface area contributed by atoms with Crippen LogP contribution in [0.3, 0.4) is 0 Å². The van der Waals surface area contributed by atoms with Crippen molar-refractivity contribution in [1.29, 1.82) is 0 Å². The molecule has 4 rings (SSSR count). The van der Waals surface area contributed by atoms with Crippen LogP contribution in [0.4, 0.5) is 0 Å². The quantitative estimate of drug-likeness (QED) is 0.533. The monoisotopic (exact) mass is 374 g/mol. The molecule has 0 aliphatic rings. The van der Waals surface area contributed by atoms with Crippen LogP contribution >= 0.6 is 0 Å². The highest BCUT2D eigenvalue weighted by atomic mass is 16.4. The van der Waals surface area contributed by atoms with Crippen LogP contribution < -0.4 is 11.2 Å². The Hall–Kier alpha value is -4.20. The van der Waals surface area contributed by atoms with Gasteiger partial charge in [-0.15, -0.1) is 4.68 Å². The number of para-hydroxylation sites is 1. The van der Waals surface area contributed by atoms with Crippen LogP contribution in [0.15, 0.2) is 81.6 Å². The lowest BCUT2D eigenvalue weighted by atomic mass is 10.2. The zero-order valence-electron chi connectivity index (χ0n) is 14.4. The summed E-state index contributed by atoms with van der Waals surface area (Å²) in [5.41, 5.74) is 0.813. The molecule has 0 bridgehead atoms. The van der Waals surface area contributed by atoms with E-state index in [4.69, 9.17) is 5.11 Å². The minimum Gasteiger partial charge on any atom is -0.478 e. The summed E-state index contributed by atoms with van der Waals surface area (Å²) in [7, 11) is 0. The number of fused-ring (bicyclic) bond motifs is 1. The van der Waals surface area contributed by atoms with Crippen molar-refractivity contribution in [3.63, 3.8) is 0 Å². The highest BCUT2D eigenvalue weighted by Gasteiger charge is 2.07. The maximum atomic E-state index is 12.5. The Morgan fingerprint density at radius 3 is 2.50 bits per heavy atom. The number of carboxylic acids is 1. The van der Waals surface area contributed by atoms with Crippen LogP contribution in [-0.4, -0.2) is 31.5 Å². The number of benzene rings is 2. The molecule has 0 atom stereocenters. The molecule has 2 N–H and O–H groups in total. The molecule has 138 valence electrons. The van der Waals surface area contributed by atoms with E-state index >= 15 is 0 Å². The summed E-state index contributed by atoms with van der Waals surface area (Å²) in [5.74, 6) is -1.00. The van der Waals surface area contributed by atoms with Gasteiger partial charge in [-0.2, -0.15) is 5.10 Å². The van der Waals surface area contributed by atoms with Crippen molar-refractivity contribution in [3.05, 3.63) is 99.0 Å². The average Bonchev–Trinajstić information content (AvgIpc) is 3.16. The molecular formula is C20H14N4O4. The summed E-state index contributed by atoms with van der Waals surface area (Å²) in [6.45, 7) is 0. The number of hydrogen-bond donors (Lipinski definition) is 2. The molecular weight excluding hydrogens is 360 g/mol. The number of nitrogens with one attached hydrogen (secondary N) is 1. The largest absolute Gasteiger partial charge is 0.478 e. The summed E-state index contributed by atoms with van der Waals surface area (Å²) in [4.78, 5) is 38.3. The Kier molecular flexibility index (Phi) is 4.21. The van der Waals surface area contributed by atoms with E-state index in [1.807, 2.05) is 0 Å². The van der Waals surface area contributed by atoms with E-state index in [-0.39, 0.29) is 5.56 Å². The molecule has 0 aliphatic heterocycles. The number of H-pyrrole nitrogens is 1. The number of rotatable bonds is 4. The van der Waals surface area contributed by atoms with Gasteiger partial charge in [0.25, 0.3) is 5.56 Å². The number of aromatic nitrogens is 3. The van der Waals surface area contributed by atoms with E-state index < -0.39 is 17.2 Å². The van der Waals surface area contributed by atoms with Crippen molar-refractivity contribution in [2.24, 2.45) is 5.10 Å². The number of nitrogens with zero attached hydrogens (tertiary/aromatic N) is 3. The number of carbonyl (C=O) groups is 1. The predicted octanol–water partition coefficient (Wildman–Crippen LogP) is 2.06. The lowest BCUT2D eigenvalue weighted by molar-refractivity contribution is 0.0697. The van der Waals surface area contributed by atoms with Crippen molar-refractivity contribution in [2.75, 3.05) is 0 Å². The molecule has 0 radical (unpaired) electrons. The molecule has 2 aromatic heterocycles. The summed E-state index contributed by atoms with van der Waals surface area (Å²) in [6, 6.07) is 16.6. The molecule has 0 saturated heterocycles. The lowest BCUT2D eigenvalue weighted by Gasteiger charge is -2.07. The molecule has 8 heteroatoms. The number of aromatic amines is 1. The highest BCUT2D eigenvalue weighted by molar-refractivity contribution is 5.88. The Bertz CT molecular complexity index is 1330. The fourth-order valence-corrected chi connectivity index (χ4v) is 2.87. The van der Waals surface area contributed by atoms with Crippen LogP contribution in [-0.2, 0) is 0 Å². The molecule has 0 aliphatic carbocycles.